The number of carbonyl (C=O) groups is 1. The molecule has 1 aromatic heterocycles. The van der Waals surface area contributed by atoms with Crippen LogP contribution >= 0.6 is 23.2 Å². The number of H-pyrrole nitrogens is 2. The van der Waals surface area contributed by atoms with E-state index in [1.807, 2.05) is 12.1 Å². The van der Waals surface area contributed by atoms with Crippen LogP contribution in [0.15, 0.2) is 57.6 Å². The zero-order valence-electron chi connectivity index (χ0n) is 14.1. The van der Waals surface area contributed by atoms with Gasteiger partial charge < -0.3 is 5.32 Å². The lowest BCUT2D eigenvalue weighted by Gasteiger charge is -2.27. The van der Waals surface area contributed by atoms with Gasteiger partial charge in [0.05, 0.1) is 17.2 Å². The van der Waals surface area contributed by atoms with Crippen molar-refractivity contribution in [2.75, 3.05) is 5.32 Å². The van der Waals surface area contributed by atoms with Crippen molar-refractivity contribution in [1.82, 2.24) is 9.97 Å². The van der Waals surface area contributed by atoms with E-state index in [-0.39, 0.29) is 17.2 Å². The van der Waals surface area contributed by atoms with Gasteiger partial charge in [-0.15, -0.1) is 0 Å². The van der Waals surface area contributed by atoms with Gasteiger partial charge in [0.25, 0.3) is 5.56 Å². The molecule has 28 heavy (non-hydrogen) atoms. The third-order valence-corrected chi connectivity index (χ3v) is 5.60. The van der Waals surface area contributed by atoms with E-state index in [1.165, 1.54) is 0 Å². The number of nitrogens with one attached hydrogen (secondary N) is 3. The van der Waals surface area contributed by atoms with Crippen LogP contribution in [0.4, 0.5) is 5.82 Å². The Morgan fingerprint density at radius 2 is 1.64 bits per heavy atom. The summed E-state index contributed by atoms with van der Waals surface area (Å²) in [6, 6.07) is 12.1. The Morgan fingerprint density at radius 3 is 2.39 bits per heavy atom. The van der Waals surface area contributed by atoms with Crippen LogP contribution in [-0.4, -0.2) is 15.8 Å². The van der Waals surface area contributed by atoms with Gasteiger partial charge in [0.15, 0.2) is 5.78 Å². The Hall–Kier alpha value is -3.09. The number of fused-ring (bicyclic) bond motifs is 3. The van der Waals surface area contributed by atoms with E-state index in [4.69, 9.17) is 23.2 Å². The van der Waals surface area contributed by atoms with Gasteiger partial charge in [-0.3, -0.25) is 19.6 Å². The number of hydrogen-bond acceptors (Lipinski definition) is 4. The predicted molar refractivity (Wildman–Crippen MR) is 107 cm³/mol. The van der Waals surface area contributed by atoms with Crippen molar-refractivity contribution in [3.05, 3.63) is 101 Å². The molecule has 0 amide bonds. The van der Waals surface area contributed by atoms with Crippen molar-refractivity contribution in [2.24, 2.45) is 0 Å². The molecule has 138 valence electrons. The first kappa shape index (κ1) is 17.0. The summed E-state index contributed by atoms with van der Waals surface area (Å²) in [5.74, 6) is -0.699. The molecule has 0 saturated carbocycles. The third-order valence-electron chi connectivity index (χ3n) is 5.04. The highest BCUT2D eigenvalue weighted by Gasteiger charge is 2.42. The molecule has 0 fully saturated rings. The molecule has 6 nitrogen and oxygen atoms in total. The average Bonchev–Trinajstić information content (AvgIpc) is 2.93. The number of allylic oxidation sites excluding steroid dienone is 1. The second-order valence-electron chi connectivity index (χ2n) is 6.58. The van der Waals surface area contributed by atoms with Gasteiger partial charge in [0.2, 0.25) is 0 Å². The summed E-state index contributed by atoms with van der Waals surface area (Å²) >= 11 is 12.5. The molecule has 8 heteroatoms. The van der Waals surface area contributed by atoms with Crippen LogP contribution in [0.1, 0.15) is 33.0 Å². The Balaban J connectivity index is 1.86. The van der Waals surface area contributed by atoms with Gasteiger partial charge in [0.1, 0.15) is 5.82 Å². The summed E-state index contributed by atoms with van der Waals surface area (Å²) in [6.07, 6.45) is 0. The van der Waals surface area contributed by atoms with Crippen LogP contribution in [0, 0.1) is 0 Å². The summed E-state index contributed by atoms with van der Waals surface area (Å²) in [4.78, 5) is 42.6. The Kier molecular flexibility index (Phi) is 3.62. The third kappa shape index (κ3) is 2.32. The number of rotatable bonds is 1. The average molecular weight is 412 g/mol. The van der Waals surface area contributed by atoms with Crippen LogP contribution in [0.2, 0.25) is 10.0 Å². The lowest BCUT2D eigenvalue weighted by Crippen LogP contribution is -2.33. The van der Waals surface area contributed by atoms with Gasteiger partial charge in [-0.1, -0.05) is 53.5 Å². The number of halogens is 2. The van der Waals surface area contributed by atoms with Crippen LogP contribution in [0.5, 0.6) is 0 Å². The van der Waals surface area contributed by atoms with Crippen molar-refractivity contribution < 1.29 is 4.79 Å². The summed E-state index contributed by atoms with van der Waals surface area (Å²) in [6.45, 7) is 0. The first-order chi connectivity index (χ1) is 13.5. The number of aromatic nitrogens is 2. The van der Waals surface area contributed by atoms with Crippen LogP contribution in [0.3, 0.4) is 0 Å². The maximum atomic E-state index is 13.2. The Labute approximate surface area is 167 Å². The van der Waals surface area contributed by atoms with E-state index >= 15 is 0 Å². The first-order valence-corrected chi connectivity index (χ1v) is 9.18. The summed E-state index contributed by atoms with van der Waals surface area (Å²) in [7, 11) is 0. The number of carbonyl (C=O) groups excluding carboxylic acids is 1. The molecule has 1 unspecified atom stereocenters. The fourth-order valence-corrected chi connectivity index (χ4v) is 4.42. The molecule has 2 aliphatic rings. The van der Waals surface area contributed by atoms with Crippen LogP contribution in [0.25, 0.3) is 5.70 Å². The maximum absolute atomic E-state index is 13.2. The van der Waals surface area contributed by atoms with E-state index in [1.54, 1.807) is 30.3 Å². The molecule has 1 aliphatic heterocycles. The van der Waals surface area contributed by atoms with Gasteiger partial charge in [-0.05, 0) is 17.7 Å². The Morgan fingerprint density at radius 1 is 0.893 bits per heavy atom. The highest BCUT2D eigenvalue weighted by atomic mass is 35.5. The molecule has 0 radical (unpaired) electrons. The number of aromatic amines is 2. The highest BCUT2D eigenvalue weighted by molar-refractivity contribution is 6.35. The molecule has 1 aliphatic carbocycles. The summed E-state index contributed by atoms with van der Waals surface area (Å²) in [5, 5.41) is 3.84. The number of Topliss-reactive ketones (excluding diaryl/α,β-unsaturated/α-hetero) is 1. The van der Waals surface area contributed by atoms with Gasteiger partial charge in [-0.2, -0.15) is 0 Å². The minimum absolute atomic E-state index is 0.189. The minimum Gasteiger partial charge on any atom is -0.340 e. The monoisotopic (exact) mass is 411 g/mol. The quantitative estimate of drug-likeness (QED) is 0.570. The normalized spacial score (nSPS) is 17.1. The smallest absolute Gasteiger partial charge is 0.327 e. The lowest BCUT2D eigenvalue weighted by atomic mass is 9.81. The largest absolute Gasteiger partial charge is 0.340 e. The van der Waals surface area contributed by atoms with Crippen molar-refractivity contribution in [2.45, 2.75) is 5.92 Å². The van der Waals surface area contributed by atoms with Gasteiger partial charge >= 0.3 is 5.69 Å². The number of hydrogen-bond donors (Lipinski definition) is 3. The number of ketones is 1. The predicted octanol–water partition coefficient (Wildman–Crippen LogP) is 3.54. The molecular formula is C20H11Cl2N3O3. The van der Waals surface area contributed by atoms with Gasteiger partial charge in [0, 0.05) is 26.7 Å². The molecule has 2 heterocycles. The fourth-order valence-electron chi connectivity index (χ4n) is 3.90. The maximum Gasteiger partial charge on any atom is 0.327 e. The van der Waals surface area contributed by atoms with E-state index < -0.39 is 17.2 Å². The molecule has 3 aromatic rings. The SMILES string of the molecule is O=C1C2=C(Nc3[nH]c(=O)[nH]c(=O)c3C2c2ccc(Cl)cc2Cl)c2ccccc21. The molecule has 3 N–H and O–H groups in total. The zero-order valence-corrected chi connectivity index (χ0v) is 15.6. The van der Waals surface area contributed by atoms with Crippen molar-refractivity contribution >= 4 is 40.5 Å². The first-order valence-electron chi connectivity index (χ1n) is 8.42. The fraction of sp³-hybridized carbons (Fsp3) is 0.0500. The molecule has 0 bridgehead atoms. The lowest BCUT2D eigenvalue weighted by molar-refractivity contribution is 0.103. The molecule has 0 spiro atoms. The van der Waals surface area contributed by atoms with Crippen molar-refractivity contribution in [3.63, 3.8) is 0 Å². The van der Waals surface area contributed by atoms with Crippen molar-refractivity contribution in [3.8, 4) is 0 Å². The second kappa shape index (κ2) is 5.95. The molecule has 0 saturated heterocycles. The summed E-state index contributed by atoms with van der Waals surface area (Å²) in [5.41, 5.74) is 1.77. The van der Waals surface area contributed by atoms with E-state index in [0.717, 1.165) is 0 Å². The van der Waals surface area contributed by atoms with Crippen LogP contribution < -0.4 is 16.6 Å². The summed E-state index contributed by atoms with van der Waals surface area (Å²) < 4.78 is 0. The highest BCUT2D eigenvalue weighted by Crippen LogP contribution is 2.48. The molecule has 2 aromatic carbocycles. The number of anilines is 1. The standard InChI is InChI=1S/C20H11Cl2N3O3/c21-8-5-6-11(12(22)7-8)13-14-16(9-3-1-2-4-10(9)17(14)26)23-18-15(13)19(27)25-20(28)24-18/h1-7,13H,(H3,23,24,25,27,28). The topological polar surface area (TPSA) is 94.8 Å². The number of benzene rings is 2. The minimum atomic E-state index is -0.753. The van der Waals surface area contributed by atoms with Gasteiger partial charge in [-0.25, -0.2) is 4.79 Å². The molecular weight excluding hydrogens is 401 g/mol. The molecule has 5 rings (SSSR count). The zero-order chi connectivity index (χ0) is 19.6. The second-order valence-corrected chi connectivity index (χ2v) is 7.43. The van der Waals surface area contributed by atoms with E-state index in [2.05, 4.69) is 15.3 Å². The van der Waals surface area contributed by atoms with E-state index in [9.17, 15) is 14.4 Å². The van der Waals surface area contributed by atoms with Crippen molar-refractivity contribution in [1.29, 1.82) is 0 Å². The molecule has 1 atom stereocenters. The van der Waals surface area contributed by atoms with E-state index in [0.29, 0.717) is 38.0 Å². The van der Waals surface area contributed by atoms with Crippen LogP contribution in [-0.2, 0) is 0 Å². The Bertz CT molecular complexity index is 1340.